The standard InChI is InChI=1S/C22H28N4O14P2/c1-13-21(33)17(9-27)15(5-23-13)11-39-41(35,36)25(7-19(29)30)3-4-26(8-20(31)32)42(37,38)40-12-16-6-24-14(2)22(34)18(16)10-28/h5-6,9-10,33-34H,3-4,7-8,11-12H2,1-2H3,(H,29,30)(H,31,32)(H,35,36)(H,37,38). The topological polar surface area (TPSA) is 275 Å². The molecule has 2 atom stereocenters. The van der Waals surface area contributed by atoms with Crippen LogP contribution in [0.15, 0.2) is 12.4 Å². The Morgan fingerprint density at radius 1 is 0.786 bits per heavy atom. The van der Waals surface area contributed by atoms with E-state index in [1.54, 1.807) is 0 Å². The second-order valence-electron chi connectivity index (χ2n) is 8.59. The Kier molecular flexibility index (Phi) is 12.0. The van der Waals surface area contributed by atoms with E-state index in [4.69, 9.17) is 9.05 Å². The van der Waals surface area contributed by atoms with Crippen LogP contribution in [0.2, 0.25) is 0 Å². The molecule has 2 unspecified atom stereocenters. The normalized spacial score (nSPS) is 14.3. The van der Waals surface area contributed by atoms with E-state index in [-0.39, 0.29) is 46.2 Å². The van der Waals surface area contributed by atoms with Gasteiger partial charge in [-0.1, -0.05) is 0 Å². The molecule has 0 fully saturated rings. The molecular formula is C22H28N4O14P2. The molecule has 230 valence electrons. The van der Waals surface area contributed by atoms with Crippen molar-refractivity contribution in [1.29, 1.82) is 0 Å². The van der Waals surface area contributed by atoms with Gasteiger partial charge < -0.3 is 30.2 Å². The Hall–Kier alpha value is -3.60. The van der Waals surface area contributed by atoms with Crippen molar-refractivity contribution in [3.8, 4) is 11.5 Å². The minimum absolute atomic E-state index is 0.0903. The maximum absolute atomic E-state index is 13.0. The van der Waals surface area contributed by atoms with E-state index in [2.05, 4.69) is 9.97 Å². The smallest absolute Gasteiger partial charge is 0.406 e. The number of aromatic hydroxyl groups is 2. The van der Waals surface area contributed by atoms with E-state index in [0.29, 0.717) is 9.34 Å². The van der Waals surface area contributed by atoms with Crippen LogP contribution < -0.4 is 0 Å². The van der Waals surface area contributed by atoms with Gasteiger partial charge in [-0.05, 0) is 13.8 Å². The van der Waals surface area contributed by atoms with Crippen molar-refractivity contribution in [3.05, 3.63) is 46.0 Å². The summed E-state index contributed by atoms with van der Waals surface area (Å²) >= 11 is 0. The van der Waals surface area contributed by atoms with Crippen molar-refractivity contribution < 1.29 is 67.6 Å². The van der Waals surface area contributed by atoms with Crippen molar-refractivity contribution in [2.45, 2.75) is 27.1 Å². The number of pyridine rings is 2. The Labute approximate surface area is 238 Å². The first-order valence-corrected chi connectivity index (χ1v) is 14.7. The molecule has 0 amide bonds. The predicted molar refractivity (Wildman–Crippen MR) is 140 cm³/mol. The number of nitrogens with zero attached hydrogens (tertiary/aromatic N) is 4. The third-order valence-electron chi connectivity index (χ3n) is 5.69. The van der Waals surface area contributed by atoms with Gasteiger partial charge in [0.2, 0.25) is 0 Å². The summed E-state index contributed by atoms with van der Waals surface area (Å²) in [6.45, 7) is -2.68. The van der Waals surface area contributed by atoms with Crippen LogP contribution >= 0.6 is 15.5 Å². The van der Waals surface area contributed by atoms with Crippen molar-refractivity contribution in [2.75, 3.05) is 26.2 Å². The van der Waals surface area contributed by atoms with Crippen LogP contribution in [0.1, 0.15) is 43.2 Å². The first kappa shape index (κ1) is 34.6. The highest BCUT2D eigenvalue weighted by molar-refractivity contribution is 7.50. The molecule has 0 spiro atoms. The van der Waals surface area contributed by atoms with Gasteiger partial charge in [0.1, 0.15) is 24.6 Å². The molecule has 42 heavy (non-hydrogen) atoms. The van der Waals surface area contributed by atoms with Gasteiger partial charge >= 0.3 is 27.4 Å². The number of carboxylic acid groups (broad SMARTS) is 2. The lowest BCUT2D eigenvalue weighted by molar-refractivity contribution is -0.139. The number of hydrogen-bond donors (Lipinski definition) is 6. The summed E-state index contributed by atoms with van der Waals surface area (Å²) in [7, 11) is -10.1. The van der Waals surface area contributed by atoms with E-state index in [9.17, 15) is 58.5 Å². The van der Waals surface area contributed by atoms with E-state index in [1.807, 2.05) is 0 Å². The first-order valence-electron chi connectivity index (χ1n) is 11.7. The number of carbonyl (C=O) groups excluding carboxylic acids is 2. The van der Waals surface area contributed by atoms with E-state index >= 15 is 0 Å². The predicted octanol–water partition coefficient (Wildman–Crippen LogP) is 0.837. The van der Waals surface area contributed by atoms with Crippen LogP contribution in [0.5, 0.6) is 11.5 Å². The number of aldehydes is 2. The zero-order valence-corrected chi connectivity index (χ0v) is 24.0. The lowest BCUT2D eigenvalue weighted by Gasteiger charge is -2.29. The quantitative estimate of drug-likeness (QED) is 0.104. The molecular weight excluding hydrogens is 606 g/mol. The Balaban J connectivity index is 2.25. The molecule has 0 bridgehead atoms. The van der Waals surface area contributed by atoms with Gasteiger partial charge in [0, 0.05) is 36.6 Å². The van der Waals surface area contributed by atoms with Crippen LogP contribution in [0.4, 0.5) is 0 Å². The molecule has 18 nitrogen and oxygen atoms in total. The first-order chi connectivity index (χ1) is 19.5. The fourth-order valence-electron chi connectivity index (χ4n) is 3.40. The highest BCUT2D eigenvalue weighted by atomic mass is 31.2. The van der Waals surface area contributed by atoms with Gasteiger partial charge in [0.05, 0.1) is 35.7 Å². The van der Waals surface area contributed by atoms with Crippen molar-refractivity contribution in [1.82, 2.24) is 19.3 Å². The maximum atomic E-state index is 13.0. The SMILES string of the molecule is Cc1ncc(COP(=O)(O)N(CCN(CC(=O)O)P(=O)(O)OCc2cnc(C)c(O)c2C=O)CC(=O)O)c(C=O)c1O. The summed E-state index contributed by atoms with van der Waals surface area (Å²) in [5.74, 6) is -4.22. The van der Waals surface area contributed by atoms with Gasteiger partial charge in [-0.2, -0.15) is 9.34 Å². The Morgan fingerprint density at radius 3 is 1.40 bits per heavy atom. The van der Waals surface area contributed by atoms with Gasteiger partial charge in [0.25, 0.3) is 0 Å². The summed E-state index contributed by atoms with van der Waals surface area (Å²) in [6, 6.07) is 0. The molecule has 20 heteroatoms. The van der Waals surface area contributed by atoms with E-state index in [1.165, 1.54) is 13.8 Å². The molecule has 0 saturated carbocycles. The summed E-state index contributed by atoms with van der Waals surface area (Å²) in [5.41, 5.74) is -0.601. The number of aliphatic carboxylic acids is 2. The fourth-order valence-corrected chi connectivity index (χ4v) is 5.63. The molecule has 2 rings (SSSR count). The van der Waals surface area contributed by atoms with Crippen LogP contribution in [-0.2, 0) is 41.0 Å². The monoisotopic (exact) mass is 634 g/mol. The second kappa shape index (κ2) is 14.5. The van der Waals surface area contributed by atoms with E-state index < -0.39 is 78.3 Å². The van der Waals surface area contributed by atoms with Crippen molar-refractivity contribution in [3.63, 3.8) is 0 Å². The third-order valence-corrected chi connectivity index (χ3v) is 8.74. The van der Waals surface area contributed by atoms with Gasteiger partial charge in [-0.15, -0.1) is 0 Å². The minimum atomic E-state index is -5.04. The molecule has 0 radical (unpaired) electrons. The van der Waals surface area contributed by atoms with Crippen LogP contribution in [0.25, 0.3) is 0 Å². The zero-order chi connectivity index (χ0) is 31.8. The average molecular weight is 634 g/mol. The van der Waals surface area contributed by atoms with Crippen LogP contribution in [0.3, 0.4) is 0 Å². The molecule has 2 aromatic rings. The molecule has 2 heterocycles. The zero-order valence-electron chi connectivity index (χ0n) is 22.2. The molecule has 0 aliphatic heterocycles. The number of hydrogen-bond acceptors (Lipinski definition) is 12. The highest BCUT2D eigenvalue weighted by Gasteiger charge is 2.37. The fraction of sp³-hybridized carbons (Fsp3) is 0.364. The number of carboxylic acids is 2. The number of aromatic nitrogens is 2. The number of aryl methyl sites for hydroxylation is 2. The molecule has 0 saturated heterocycles. The molecule has 2 aromatic heterocycles. The molecule has 0 aliphatic carbocycles. The summed E-state index contributed by atoms with van der Waals surface area (Å²) in [4.78, 5) is 74.1. The molecule has 0 aliphatic rings. The Morgan fingerprint density at radius 2 is 1.12 bits per heavy atom. The van der Waals surface area contributed by atoms with E-state index in [0.717, 1.165) is 12.4 Å². The Bertz CT molecular complexity index is 1350. The van der Waals surface area contributed by atoms with Gasteiger partial charge in [0.15, 0.2) is 12.6 Å². The van der Waals surface area contributed by atoms with Crippen molar-refractivity contribution >= 4 is 40.0 Å². The lowest BCUT2D eigenvalue weighted by Crippen LogP contribution is -2.37. The van der Waals surface area contributed by atoms with Crippen LogP contribution in [0, 0.1) is 13.8 Å². The lowest BCUT2D eigenvalue weighted by atomic mass is 10.1. The van der Waals surface area contributed by atoms with Crippen molar-refractivity contribution in [2.24, 2.45) is 0 Å². The second-order valence-corrected chi connectivity index (χ2v) is 12.2. The maximum Gasteiger partial charge on any atom is 0.406 e. The minimum Gasteiger partial charge on any atom is -0.505 e. The number of carbonyl (C=O) groups is 4. The number of rotatable bonds is 17. The van der Waals surface area contributed by atoms with Gasteiger partial charge in [-0.3, -0.25) is 38.2 Å². The average Bonchev–Trinajstić information content (AvgIpc) is 2.91. The summed E-state index contributed by atoms with van der Waals surface area (Å²) < 4.78 is 36.6. The summed E-state index contributed by atoms with van der Waals surface area (Å²) in [6.07, 6.45) is 2.70. The van der Waals surface area contributed by atoms with Crippen LogP contribution in [-0.4, -0.2) is 100 Å². The largest absolute Gasteiger partial charge is 0.505 e. The molecule has 0 aromatic carbocycles. The third kappa shape index (κ3) is 8.95. The molecule has 6 N–H and O–H groups in total. The highest BCUT2D eigenvalue weighted by Crippen LogP contribution is 2.50. The summed E-state index contributed by atoms with van der Waals surface area (Å²) in [5, 5.41) is 38.5. The van der Waals surface area contributed by atoms with Gasteiger partial charge in [-0.25, -0.2) is 9.13 Å².